The van der Waals surface area contributed by atoms with E-state index in [0.29, 0.717) is 57.6 Å². The molecular formula is C92H79BrCl4N4O14S10. The van der Waals surface area contributed by atoms with E-state index >= 15 is 0 Å². The number of carboxylic acid groups (broad SMARTS) is 2. The number of benzene rings is 5. The Kier molecular flexibility index (Phi) is 33.5. The summed E-state index contributed by atoms with van der Waals surface area (Å²) < 4.78 is 14.6. The number of nitrogens with two attached hydrogens (primary N) is 1. The van der Waals surface area contributed by atoms with Crippen LogP contribution in [0.25, 0.3) is 29.3 Å². The second-order valence-electron chi connectivity index (χ2n) is 28.7. The highest BCUT2D eigenvalue weighted by molar-refractivity contribution is 9.11. The summed E-state index contributed by atoms with van der Waals surface area (Å²) in [6.45, 7) is 29.3. The van der Waals surface area contributed by atoms with E-state index in [9.17, 15) is 47.9 Å². The fourth-order valence-electron chi connectivity index (χ4n) is 14.0. The maximum Gasteiger partial charge on any atom is 0.357 e. The van der Waals surface area contributed by atoms with Crippen molar-refractivity contribution in [2.45, 2.75) is 110 Å². The Morgan fingerprint density at radius 1 is 0.432 bits per heavy atom. The number of aromatic carboxylic acids is 2. The van der Waals surface area contributed by atoms with Crippen LogP contribution >= 0.6 is 163 Å². The molecule has 33 heteroatoms. The molecule has 0 radical (unpaired) electrons. The van der Waals surface area contributed by atoms with E-state index in [1.807, 2.05) is 145 Å². The van der Waals surface area contributed by atoms with Gasteiger partial charge in [-0.3, -0.25) is 28.8 Å². The first-order valence-corrected chi connectivity index (χ1v) is 49.6. The summed E-state index contributed by atoms with van der Waals surface area (Å²) in [5, 5.41) is 33.0. The van der Waals surface area contributed by atoms with Crippen molar-refractivity contribution in [3.05, 3.63) is 315 Å². The Bertz CT molecular complexity index is 6280. The number of ether oxygens (including phenoxy) is 1. The highest BCUT2D eigenvalue weighted by atomic mass is 79.9. The van der Waals surface area contributed by atoms with Crippen molar-refractivity contribution in [3.8, 4) is 29.3 Å². The number of aryl methyl sites for hydroxylation is 13. The topological polar surface area (TPSA) is 282 Å². The fraction of sp³-hybridized carbons (Fsp3) is 0.174. The third-order valence-corrected chi connectivity index (χ3v) is 30.4. The van der Waals surface area contributed by atoms with Crippen LogP contribution in [0.5, 0.6) is 0 Å². The second kappa shape index (κ2) is 42.9. The molecule has 5 amide bonds. The van der Waals surface area contributed by atoms with Gasteiger partial charge >= 0.3 is 23.9 Å². The average Bonchev–Trinajstić information content (AvgIpc) is 1.59. The van der Waals surface area contributed by atoms with E-state index in [-0.39, 0.29) is 51.8 Å². The van der Waals surface area contributed by atoms with E-state index in [4.69, 9.17) is 43.4 Å². The van der Waals surface area contributed by atoms with Crippen LogP contribution in [-0.2, 0) is 20.4 Å². The SMILES string of the molecule is Brc1ccc(-c2cccs2)s1.Cc1cc(C)c(CC(=O)c2sccc2C(=O)O)c(C)c1.Cc1cc(C)c(N)c(C)c1.Cc1cc(C)c(N2C(=O)c3cc(-c4ccc(-c5cccs5)s4)sc3C2=O)c(C)c1Cl.Cc1cc(C)c(N2C(=O)c3ccsc3C2=O)c(C)c1Cl.Cc1cc(C)c(NC(=O)c2ccsc2C(=O)O)c(C)c1.O=C1OC(=O)c2sccc21.O=S(Cl)Cl. The summed E-state index contributed by atoms with van der Waals surface area (Å²) in [6, 6.07) is 40.9. The Morgan fingerprint density at radius 2 is 0.872 bits per heavy atom. The largest absolute Gasteiger partial charge is 0.478 e. The molecule has 5 N–H and O–H groups in total. The smallest absolute Gasteiger partial charge is 0.357 e. The van der Waals surface area contributed by atoms with Gasteiger partial charge in [-0.05, 0) is 291 Å². The number of esters is 2. The standard InChI is InChI=1S/C23H16ClNO2S3.C16H16O3S.C15H12ClNO2S.C15H15NO3S.C9H13N.C8H5BrS2.C6H2O3S.Cl2OS/c1-11-9-12(2)20(13(3)19(11)24)25-22(26)14-10-18(30-21(14)23(25)27)17-7-6-16(29-17)15-5-4-8-28-15;1-9-6-10(2)13(11(3)7-9)8-14(17)15-12(16(18)19)4-5-20-15;1-7-6-8(2)12(9(3)11(7)16)17-14(18)10-4-5-20-13(10)15(17)19;1-8-6-9(2)12(10(3)7-8)16-14(17)11-4-5-20-13(11)15(18)19;1-6-4-7(2)9(10)8(3)5-6;9-8-4-3-7(11-8)6-2-1-5-10-6;7-5-3-1-2-10-4(3)6(8)9-5;1-4(2)3/h4-10H,1-3H3;4-7H,8H2,1-3H3,(H,18,19);4-6H,1-3H3;4-7H,1-3H3,(H,16,17)(H,18,19);4-5H,10H2,1-3H3;1-5H;1-2H;. The lowest BCUT2D eigenvalue weighted by Crippen LogP contribution is -2.31. The lowest BCUT2D eigenvalue weighted by Gasteiger charge is -2.21. The van der Waals surface area contributed by atoms with Crippen molar-refractivity contribution in [2.75, 3.05) is 20.9 Å². The maximum atomic E-state index is 13.2. The van der Waals surface area contributed by atoms with Crippen molar-refractivity contribution < 1.29 is 67.1 Å². The summed E-state index contributed by atoms with van der Waals surface area (Å²) in [5.74, 6) is -4.77. The molecular weight excluding hydrogens is 1930 g/mol. The number of nitrogens with zero attached hydrogens (tertiary/aromatic N) is 2. The molecule has 0 aliphatic carbocycles. The van der Waals surface area contributed by atoms with E-state index in [1.54, 1.807) is 79.0 Å². The van der Waals surface area contributed by atoms with Crippen LogP contribution in [-0.4, -0.2) is 73.6 Å². The number of rotatable bonds is 12. The van der Waals surface area contributed by atoms with E-state index in [1.165, 1.54) is 113 Å². The number of cyclic esters (lactones) is 2. The molecule has 3 aliphatic heterocycles. The Morgan fingerprint density at radius 3 is 1.34 bits per heavy atom. The van der Waals surface area contributed by atoms with E-state index < -0.39 is 39.0 Å². The van der Waals surface area contributed by atoms with Crippen molar-refractivity contribution in [2.24, 2.45) is 0 Å². The van der Waals surface area contributed by atoms with Crippen LogP contribution < -0.4 is 20.9 Å². The number of ketones is 1. The van der Waals surface area contributed by atoms with Gasteiger partial charge in [0.25, 0.3) is 29.5 Å². The Labute approximate surface area is 788 Å². The van der Waals surface area contributed by atoms with Gasteiger partial charge in [0.05, 0.1) is 47.9 Å². The molecule has 0 saturated carbocycles. The lowest BCUT2D eigenvalue weighted by molar-refractivity contribution is 0.0442. The molecule has 14 aromatic rings. The van der Waals surface area contributed by atoms with Gasteiger partial charge in [-0.1, -0.05) is 101 Å². The quantitative estimate of drug-likeness (QED) is 0.0221. The minimum absolute atomic E-state index is 0.0601. The zero-order valence-corrected chi connectivity index (χ0v) is 82.3. The van der Waals surface area contributed by atoms with Crippen molar-refractivity contribution in [1.82, 2.24) is 0 Å². The molecule has 9 aromatic heterocycles. The molecule has 0 fully saturated rings. The fourth-order valence-corrected chi connectivity index (χ4v) is 22.7. The van der Waals surface area contributed by atoms with Gasteiger partial charge < -0.3 is 26.0 Å². The predicted molar refractivity (Wildman–Crippen MR) is 523 cm³/mol. The number of thiophene rings is 9. The van der Waals surface area contributed by atoms with Crippen molar-refractivity contribution in [3.63, 3.8) is 0 Å². The number of amides is 5. The number of fused-ring (bicyclic) bond motifs is 3. The average molecular weight is 2010 g/mol. The number of halogens is 5. The number of Topliss-reactive ketones (excluding diaryl/α,β-unsaturated/α-hetero) is 1. The summed E-state index contributed by atoms with van der Waals surface area (Å²) in [5.41, 5.74) is 26.4. The lowest BCUT2D eigenvalue weighted by atomic mass is 9.95. The Hall–Kier alpha value is -9.51. The number of carbonyl (C=O) groups excluding carboxylic acids is 8. The minimum atomic E-state index is -1.67. The van der Waals surface area contributed by atoms with Crippen molar-refractivity contribution >= 4 is 254 Å². The van der Waals surface area contributed by atoms with Gasteiger partial charge in [-0.15, -0.1) is 102 Å². The van der Waals surface area contributed by atoms with Crippen LogP contribution in [0, 0.1) is 104 Å². The van der Waals surface area contributed by atoms with E-state index in [2.05, 4.69) is 120 Å². The normalized spacial score (nSPS) is 12.0. The third kappa shape index (κ3) is 23.1. The highest BCUT2D eigenvalue weighted by Crippen LogP contribution is 2.46. The van der Waals surface area contributed by atoms with Crippen molar-refractivity contribution in [1.29, 1.82) is 0 Å². The number of imide groups is 2. The molecule has 3 aliphatic rings. The first kappa shape index (κ1) is 97.7. The summed E-state index contributed by atoms with van der Waals surface area (Å²) in [4.78, 5) is 131. The van der Waals surface area contributed by atoms with Crippen LogP contribution in [0.15, 0.2) is 163 Å². The molecule has 0 spiro atoms. The minimum Gasteiger partial charge on any atom is -0.478 e. The molecule has 12 heterocycles. The molecule has 0 saturated heterocycles. The number of nitrogens with one attached hydrogen (secondary N) is 1. The van der Waals surface area contributed by atoms with Gasteiger partial charge in [0.2, 0.25) is 9.23 Å². The zero-order chi connectivity index (χ0) is 91.6. The van der Waals surface area contributed by atoms with Gasteiger partial charge in [-0.25, -0.2) is 33.2 Å². The third-order valence-electron chi connectivity index (χ3n) is 19.5. The van der Waals surface area contributed by atoms with Gasteiger partial charge in [0, 0.05) is 78.5 Å². The summed E-state index contributed by atoms with van der Waals surface area (Å²) in [7, 11) is 7.36. The number of anilines is 4. The summed E-state index contributed by atoms with van der Waals surface area (Å²) in [6.07, 6.45) is 0.249. The first-order chi connectivity index (χ1) is 59.1. The molecule has 0 unspecified atom stereocenters. The first-order valence-electron chi connectivity index (χ1n) is 37.6. The van der Waals surface area contributed by atoms with Crippen LogP contribution in [0.2, 0.25) is 10.0 Å². The second-order valence-corrected chi connectivity index (χ2v) is 42.1. The molecule has 646 valence electrons. The van der Waals surface area contributed by atoms with Crippen LogP contribution in [0.1, 0.15) is 189 Å². The Balaban J connectivity index is 0.000000156. The molecule has 125 heavy (non-hydrogen) atoms. The molecule has 5 aromatic carbocycles. The zero-order valence-electron chi connectivity index (χ0n) is 69.5. The van der Waals surface area contributed by atoms with Gasteiger partial charge in [0.1, 0.15) is 19.5 Å². The number of carboxylic acids is 2. The van der Waals surface area contributed by atoms with Crippen LogP contribution in [0.4, 0.5) is 22.7 Å². The van der Waals surface area contributed by atoms with Gasteiger partial charge in [0.15, 0.2) is 5.78 Å². The molecule has 0 bridgehead atoms. The number of nitrogen functional groups attached to an aromatic ring is 1. The molecule has 17 rings (SSSR count). The van der Waals surface area contributed by atoms with Gasteiger partial charge in [-0.2, -0.15) is 0 Å². The van der Waals surface area contributed by atoms with E-state index in [0.717, 1.165) is 99.2 Å². The number of hydrogen-bond acceptors (Lipinski definition) is 22. The number of carbonyl (C=O) groups is 10. The number of hydrogen-bond donors (Lipinski definition) is 4. The van der Waals surface area contributed by atoms with Crippen LogP contribution in [0.3, 0.4) is 0 Å². The molecule has 18 nitrogen and oxygen atoms in total. The monoisotopic (exact) mass is 2000 g/mol. The molecule has 0 atom stereocenters. The highest BCUT2D eigenvalue weighted by Gasteiger charge is 2.42. The summed E-state index contributed by atoms with van der Waals surface area (Å²) >= 11 is 29.2. The predicted octanol–water partition coefficient (Wildman–Crippen LogP) is 27.7. The maximum absolute atomic E-state index is 13.2.